The number of alkyl halides is 3. The molecule has 2 aromatic rings. The summed E-state index contributed by atoms with van der Waals surface area (Å²) in [6, 6.07) is 8.50. The molecule has 184 valence electrons. The summed E-state index contributed by atoms with van der Waals surface area (Å²) in [6.07, 6.45) is 1.46. The highest BCUT2D eigenvalue weighted by Crippen LogP contribution is 2.50. The Morgan fingerprint density at radius 3 is 2.44 bits per heavy atom. The Hall–Kier alpha value is -1.95. The maximum absolute atomic E-state index is 15.0. The summed E-state index contributed by atoms with van der Waals surface area (Å²) >= 11 is 4.49. The quantitative estimate of drug-likeness (QED) is 0.323. The van der Waals surface area contributed by atoms with Gasteiger partial charge in [-0.3, -0.25) is 0 Å². The van der Waals surface area contributed by atoms with Crippen LogP contribution in [0.5, 0.6) is 0 Å². The molecule has 2 aliphatic carbocycles. The van der Waals surface area contributed by atoms with E-state index in [0.717, 1.165) is 73.2 Å². The van der Waals surface area contributed by atoms with E-state index in [9.17, 15) is 13.2 Å². The molecule has 0 amide bonds. The van der Waals surface area contributed by atoms with Crippen molar-refractivity contribution in [2.45, 2.75) is 64.5 Å². The molecule has 4 rings (SSSR count). The molecule has 0 bridgehead atoms. The van der Waals surface area contributed by atoms with E-state index < -0.39 is 11.7 Å². The molecule has 4 atom stereocenters. The van der Waals surface area contributed by atoms with E-state index in [-0.39, 0.29) is 11.7 Å². The lowest BCUT2D eigenvalue weighted by atomic mass is 9.66. The van der Waals surface area contributed by atoms with Crippen LogP contribution >= 0.6 is 12.8 Å². The third-order valence-electron chi connectivity index (χ3n) is 8.02. The van der Waals surface area contributed by atoms with Gasteiger partial charge < -0.3 is 4.31 Å². The fraction of sp³-hybridized carbons (Fsp3) is 0.500. The van der Waals surface area contributed by atoms with Crippen LogP contribution in [0.3, 0.4) is 0 Å². The van der Waals surface area contributed by atoms with Crippen LogP contribution in [-0.2, 0) is 12.6 Å². The number of halogens is 4. The molecule has 0 radical (unpaired) electrons. The van der Waals surface area contributed by atoms with Crippen LogP contribution < -0.4 is 0 Å². The van der Waals surface area contributed by atoms with Gasteiger partial charge in [-0.25, -0.2) is 4.39 Å². The number of thiol groups is 1. The first-order valence-electron chi connectivity index (χ1n) is 12.2. The molecule has 3 unspecified atom stereocenters. The van der Waals surface area contributed by atoms with Gasteiger partial charge in [-0.15, -0.1) is 0 Å². The van der Waals surface area contributed by atoms with Gasteiger partial charge in [0, 0.05) is 12.2 Å². The Morgan fingerprint density at radius 2 is 1.79 bits per heavy atom. The first kappa shape index (κ1) is 25.2. The van der Waals surface area contributed by atoms with Gasteiger partial charge in [-0.1, -0.05) is 44.5 Å². The van der Waals surface area contributed by atoms with Gasteiger partial charge in [-0.05, 0) is 110 Å². The van der Waals surface area contributed by atoms with Crippen molar-refractivity contribution in [2.75, 3.05) is 6.54 Å². The molecule has 0 aromatic heterocycles. The fourth-order valence-corrected chi connectivity index (χ4v) is 6.35. The van der Waals surface area contributed by atoms with Crippen molar-refractivity contribution < 1.29 is 17.6 Å². The Morgan fingerprint density at radius 1 is 1.09 bits per heavy atom. The minimum atomic E-state index is -4.37. The summed E-state index contributed by atoms with van der Waals surface area (Å²) < 4.78 is 56.1. The van der Waals surface area contributed by atoms with Crippen molar-refractivity contribution in [3.63, 3.8) is 0 Å². The summed E-state index contributed by atoms with van der Waals surface area (Å²) in [4.78, 5) is 0. The van der Waals surface area contributed by atoms with Crippen LogP contribution in [0.2, 0.25) is 0 Å². The highest BCUT2D eigenvalue weighted by molar-refractivity contribution is 7.77. The van der Waals surface area contributed by atoms with Crippen LogP contribution in [0.4, 0.5) is 17.6 Å². The highest BCUT2D eigenvalue weighted by atomic mass is 32.1. The predicted octanol–water partition coefficient (Wildman–Crippen LogP) is 8.66. The van der Waals surface area contributed by atoms with Gasteiger partial charge in [-0.2, -0.15) is 13.2 Å². The van der Waals surface area contributed by atoms with Crippen molar-refractivity contribution in [3.05, 3.63) is 71.2 Å². The smallest absolute Gasteiger partial charge is 0.323 e. The number of allylic oxidation sites excluding steroid dienone is 1. The van der Waals surface area contributed by atoms with E-state index in [2.05, 4.69) is 33.2 Å². The average Bonchev–Trinajstić information content (AvgIpc) is 2.95. The summed E-state index contributed by atoms with van der Waals surface area (Å²) in [7, 11) is 0. The molecule has 0 spiro atoms. The molecule has 0 aliphatic heterocycles. The number of nitrogens with zero attached hydrogens (tertiary/aromatic N) is 1. The summed E-state index contributed by atoms with van der Waals surface area (Å²) in [6.45, 7) is 9.25. The molecular weight excluding hydrogens is 458 g/mol. The number of rotatable bonds is 5. The Balaban J connectivity index is 1.61. The van der Waals surface area contributed by atoms with E-state index in [4.69, 9.17) is 0 Å². The highest BCUT2D eigenvalue weighted by Gasteiger charge is 2.39. The van der Waals surface area contributed by atoms with Gasteiger partial charge in [0.15, 0.2) is 0 Å². The van der Waals surface area contributed by atoms with Crippen LogP contribution in [0.1, 0.15) is 68.6 Å². The molecule has 1 saturated carbocycles. The molecular formula is C28H33F4NS. The molecule has 2 aromatic carbocycles. The second-order valence-corrected chi connectivity index (χ2v) is 10.5. The van der Waals surface area contributed by atoms with Crippen molar-refractivity contribution in [1.82, 2.24) is 4.31 Å². The Kier molecular flexibility index (Phi) is 7.37. The van der Waals surface area contributed by atoms with Crippen LogP contribution in [0.25, 0.3) is 11.1 Å². The average molecular weight is 492 g/mol. The lowest BCUT2D eigenvalue weighted by molar-refractivity contribution is -0.137. The van der Waals surface area contributed by atoms with Gasteiger partial charge in [0.25, 0.3) is 0 Å². The predicted molar refractivity (Wildman–Crippen MR) is 133 cm³/mol. The van der Waals surface area contributed by atoms with E-state index in [0.29, 0.717) is 29.7 Å². The van der Waals surface area contributed by atoms with Crippen LogP contribution in [0, 0.1) is 23.6 Å². The zero-order chi connectivity index (χ0) is 24.6. The topological polar surface area (TPSA) is 3.24 Å². The van der Waals surface area contributed by atoms with Gasteiger partial charge in [0.1, 0.15) is 5.82 Å². The minimum absolute atomic E-state index is 0.150. The largest absolute Gasteiger partial charge is 0.416 e. The maximum Gasteiger partial charge on any atom is 0.416 e. The summed E-state index contributed by atoms with van der Waals surface area (Å²) in [5.74, 6) is 1.46. The number of benzene rings is 2. The van der Waals surface area contributed by atoms with Crippen molar-refractivity contribution in [2.24, 2.45) is 17.8 Å². The SMILES string of the molecule is C=C(C[C@@H]1CCC2C(CCc3c(F)ccc(-c4ccc(C(F)(F)F)cc4)c3C2C)C1)N(S)CC. The van der Waals surface area contributed by atoms with Crippen molar-refractivity contribution in [1.29, 1.82) is 0 Å². The van der Waals surface area contributed by atoms with E-state index in [1.165, 1.54) is 18.2 Å². The molecule has 2 aliphatic rings. The number of hydrogen-bond donors (Lipinski definition) is 1. The van der Waals surface area contributed by atoms with E-state index >= 15 is 4.39 Å². The third-order valence-corrected chi connectivity index (χ3v) is 8.59. The second-order valence-electron chi connectivity index (χ2n) is 9.98. The zero-order valence-electron chi connectivity index (χ0n) is 19.8. The molecule has 0 saturated heterocycles. The minimum Gasteiger partial charge on any atom is -0.323 e. The van der Waals surface area contributed by atoms with Gasteiger partial charge in [0.2, 0.25) is 0 Å². The molecule has 6 heteroatoms. The standard InChI is InChI=1S/C28H33F4NS/c1-4-33(34)17(2)15-19-5-11-23-18(3)27-24(20-6-9-22(10-7-20)28(30,31)32)13-14-26(29)25(27)12-8-21(23)16-19/h6-7,9-10,13-14,18-19,21,23,34H,2,4-5,8,11-12,15-16H2,1,3H3/t18?,19-,21?,23?/m0/s1. The molecule has 1 fully saturated rings. The first-order chi connectivity index (χ1) is 16.1. The summed E-state index contributed by atoms with van der Waals surface area (Å²) in [5, 5.41) is 0. The fourth-order valence-electron chi connectivity index (χ4n) is 6.27. The zero-order valence-corrected chi connectivity index (χ0v) is 20.7. The number of fused-ring (bicyclic) bond motifs is 2. The third kappa shape index (κ3) is 5.02. The van der Waals surface area contributed by atoms with Crippen molar-refractivity contribution in [3.8, 4) is 11.1 Å². The normalized spacial score (nSPS) is 24.7. The van der Waals surface area contributed by atoms with Gasteiger partial charge >= 0.3 is 6.18 Å². The van der Waals surface area contributed by atoms with Gasteiger partial charge in [0.05, 0.1) is 5.56 Å². The van der Waals surface area contributed by atoms with E-state index in [1.807, 2.05) is 4.31 Å². The Labute approximate surface area is 205 Å². The number of hydrogen-bond acceptors (Lipinski definition) is 2. The Bertz CT molecular complexity index is 1030. The monoisotopic (exact) mass is 491 g/mol. The molecule has 0 N–H and O–H groups in total. The van der Waals surface area contributed by atoms with Crippen LogP contribution in [0.15, 0.2) is 48.7 Å². The molecule has 0 heterocycles. The lowest BCUT2D eigenvalue weighted by Gasteiger charge is -2.39. The lowest BCUT2D eigenvalue weighted by Crippen LogP contribution is -2.29. The van der Waals surface area contributed by atoms with Crippen LogP contribution in [-0.4, -0.2) is 10.8 Å². The van der Waals surface area contributed by atoms with Crippen molar-refractivity contribution >= 4 is 12.8 Å². The molecule has 34 heavy (non-hydrogen) atoms. The maximum atomic E-state index is 15.0. The molecule has 1 nitrogen and oxygen atoms in total. The summed E-state index contributed by atoms with van der Waals surface area (Å²) in [5.41, 5.74) is 3.70. The second kappa shape index (κ2) is 9.96. The van der Waals surface area contributed by atoms with E-state index in [1.54, 1.807) is 6.07 Å². The first-order valence-corrected chi connectivity index (χ1v) is 12.6.